The average molecular weight is 284 g/mol. The molecule has 2 fully saturated rings. The molecule has 0 spiro atoms. The van der Waals surface area contributed by atoms with Crippen LogP contribution < -0.4 is 0 Å². The molecule has 4 nitrogen and oxygen atoms in total. The third-order valence-corrected chi connectivity index (χ3v) is 5.89. The standard InChI is InChI=1S/C9H11Cl2NO3S/c1-9(3-10)5(8(14)15-2)12-6(13)4(11)7(12)16-9/h4-5,7H,3H2,1-2H3/t4-,5-,7+,9-/m0/s1. The van der Waals surface area contributed by atoms with Gasteiger partial charge in [-0.2, -0.15) is 0 Å². The lowest BCUT2D eigenvalue weighted by Crippen LogP contribution is -2.64. The lowest BCUT2D eigenvalue weighted by Gasteiger charge is -2.40. The number of methoxy groups -OCH3 is 1. The highest BCUT2D eigenvalue weighted by Gasteiger charge is 2.64. The van der Waals surface area contributed by atoms with Gasteiger partial charge >= 0.3 is 5.97 Å². The quantitative estimate of drug-likeness (QED) is 0.432. The first-order valence-electron chi connectivity index (χ1n) is 4.74. The van der Waals surface area contributed by atoms with E-state index in [2.05, 4.69) is 0 Å². The molecule has 16 heavy (non-hydrogen) atoms. The van der Waals surface area contributed by atoms with Crippen molar-refractivity contribution in [3.63, 3.8) is 0 Å². The zero-order valence-electron chi connectivity index (χ0n) is 8.78. The predicted molar refractivity (Wildman–Crippen MR) is 62.8 cm³/mol. The molecule has 2 aliphatic rings. The molecule has 90 valence electrons. The highest BCUT2D eigenvalue weighted by molar-refractivity contribution is 8.01. The van der Waals surface area contributed by atoms with E-state index in [1.54, 1.807) is 0 Å². The molecular formula is C9H11Cl2NO3S. The topological polar surface area (TPSA) is 46.6 Å². The van der Waals surface area contributed by atoms with Crippen LogP contribution in [0.1, 0.15) is 6.92 Å². The Morgan fingerprint density at radius 2 is 2.31 bits per heavy atom. The summed E-state index contributed by atoms with van der Waals surface area (Å²) in [7, 11) is 1.30. The fraction of sp³-hybridized carbons (Fsp3) is 0.778. The smallest absolute Gasteiger partial charge is 0.330 e. The molecule has 0 radical (unpaired) electrons. The Bertz CT molecular complexity index is 354. The maximum Gasteiger partial charge on any atom is 0.330 e. The second-order valence-electron chi connectivity index (χ2n) is 4.03. The summed E-state index contributed by atoms with van der Waals surface area (Å²) in [5.74, 6) is -0.389. The number of halogens is 2. The first-order valence-corrected chi connectivity index (χ1v) is 6.59. The number of esters is 1. The summed E-state index contributed by atoms with van der Waals surface area (Å²) in [6.45, 7) is 1.85. The number of thioether (sulfide) groups is 1. The Kier molecular flexibility index (Phi) is 3.05. The number of nitrogens with zero attached hydrogens (tertiary/aromatic N) is 1. The SMILES string of the molecule is COC(=O)[C@@H]1N2C(=O)[C@H](Cl)[C@H]2S[C@@]1(C)CCl. The number of ether oxygens (including phenoxy) is 1. The molecular weight excluding hydrogens is 273 g/mol. The van der Waals surface area contributed by atoms with Gasteiger partial charge in [0.15, 0.2) is 0 Å². The largest absolute Gasteiger partial charge is 0.467 e. The minimum absolute atomic E-state index is 0.165. The third-order valence-electron chi connectivity index (χ3n) is 2.95. The van der Waals surface area contributed by atoms with Crippen LogP contribution in [0.3, 0.4) is 0 Å². The summed E-state index contributed by atoms with van der Waals surface area (Å²) in [4.78, 5) is 24.8. The number of fused-ring (bicyclic) bond motifs is 1. The van der Waals surface area contributed by atoms with Crippen molar-refractivity contribution in [2.24, 2.45) is 0 Å². The van der Waals surface area contributed by atoms with E-state index in [0.29, 0.717) is 0 Å². The van der Waals surface area contributed by atoms with Crippen LogP contribution >= 0.6 is 35.0 Å². The number of hydrogen-bond donors (Lipinski definition) is 0. The van der Waals surface area contributed by atoms with Crippen LogP contribution in [0.4, 0.5) is 0 Å². The molecule has 7 heteroatoms. The summed E-state index contributed by atoms with van der Waals surface area (Å²) in [6.07, 6.45) is 0. The van der Waals surface area contributed by atoms with Gasteiger partial charge in [0.1, 0.15) is 16.8 Å². The Hall–Kier alpha value is -0.130. The summed E-state index contributed by atoms with van der Waals surface area (Å²) in [6, 6.07) is -0.632. The minimum atomic E-state index is -0.632. The fourth-order valence-electron chi connectivity index (χ4n) is 2.05. The number of carbonyl (C=O) groups is 2. The van der Waals surface area contributed by atoms with Crippen LogP contribution in [-0.2, 0) is 14.3 Å². The van der Waals surface area contributed by atoms with Gasteiger partial charge in [-0.3, -0.25) is 4.79 Å². The molecule has 0 bridgehead atoms. The van der Waals surface area contributed by atoms with Crippen LogP contribution in [0.5, 0.6) is 0 Å². The summed E-state index contributed by atoms with van der Waals surface area (Å²) in [5.41, 5.74) is 0. The van der Waals surface area contributed by atoms with Crippen LogP contribution in [0.2, 0.25) is 0 Å². The fourth-order valence-corrected chi connectivity index (χ4v) is 4.30. The van der Waals surface area contributed by atoms with Gasteiger partial charge in [0, 0.05) is 5.88 Å². The first kappa shape index (κ1) is 12.3. The van der Waals surface area contributed by atoms with Gasteiger partial charge in [0.2, 0.25) is 5.91 Å². The van der Waals surface area contributed by atoms with Crippen molar-refractivity contribution in [3.05, 3.63) is 0 Å². The highest BCUT2D eigenvalue weighted by Crippen LogP contribution is 2.53. The van der Waals surface area contributed by atoms with E-state index in [4.69, 9.17) is 27.9 Å². The van der Waals surface area contributed by atoms with Gasteiger partial charge in [-0.05, 0) is 6.92 Å². The van der Waals surface area contributed by atoms with Gasteiger partial charge in [-0.1, -0.05) is 0 Å². The van der Waals surface area contributed by atoms with Crippen molar-refractivity contribution in [3.8, 4) is 0 Å². The van der Waals surface area contributed by atoms with Crippen LogP contribution in [0, 0.1) is 0 Å². The van der Waals surface area contributed by atoms with E-state index in [1.165, 1.54) is 23.8 Å². The number of hydrogen-bond acceptors (Lipinski definition) is 4. The van der Waals surface area contributed by atoms with Crippen molar-refractivity contribution in [2.75, 3.05) is 13.0 Å². The van der Waals surface area contributed by atoms with E-state index in [1.807, 2.05) is 6.92 Å². The molecule has 2 rings (SSSR count). The van der Waals surface area contributed by atoms with Gasteiger partial charge in [0.05, 0.1) is 11.9 Å². The molecule has 2 aliphatic heterocycles. The molecule has 0 unspecified atom stereocenters. The molecule has 0 aromatic heterocycles. The van der Waals surface area contributed by atoms with Gasteiger partial charge in [-0.15, -0.1) is 35.0 Å². The van der Waals surface area contributed by atoms with E-state index >= 15 is 0 Å². The average Bonchev–Trinajstić information content (AvgIpc) is 2.59. The van der Waals surface area contributed by atoms with Gasteiger partial charge < -0.3 is 9.64 Å². The summed E-state index contributed by atoms with van der Waals surface area (Å²) >= 11 is 13.2. The van der Waals surface area contributed by atoms with Crippen molar-refractivity contribution in [1.82, 2.24) is 4.90 Å². The molecule has 0 aromatic rings. The number of β-lactam (4-membered cyclic amide) rings is 1. The number of amides is 1. The maximum atomic E-state index is 11.7. The van der Waals surface area contributed by atoms with Gasteiger partial charge in [0.25, 0.3) is 0 Å². The lowest BCUT2D eigenvalue weighted by molar-refractivity contribution is -0.158. The van der Waals surface area contributed by atoms with Crippen LogP contribution in [-0.4, -0.2) is 51.3 Å². The van der Waals surface area contributed by atoms with Crippen molar-refractivity contribution in [2.45, 2.75) is 28.5 Å². The maximum absolute atomic E-state index is 11.7. The number of alkyl halides is 2. The highest BCUT2D eigenvalue weighted by atomic mass is 35.5. The van der Waals surface area contributed by atoms with E-state index < -0.39 is 22.1 Å². The second kappa shape index (κ2) is 3.96. The first-order chi connectivity index (χ1) is 7.46. The Labute approximate surface area is 108 Å². The second-order valence-corrected chi connectivity index (χ2v) is 6.42. The minimum Gasteiger partial charge on any atom is -0.467 e. The van der Waals surface area contributed by atoms with E-state index in [-0.39, 0.29) is 17.2 Å². The van der Waals surface area contributed by atoms with Crippen LogP contribution in [0.25, 0.3) is 0 Å². The molecule has 2 saturated heterocycles. The summed E-state index contributed by atoms with van der Waals surface area (Å²) in [5, 5.41) is -0.718. The molecule has 2 heterocycles. The Morgan fingerprint density at radius 1 is 1.69 bits per heavy atom. The summed E-state index contributed by atoms with van der Waals surface area (Å²) < 4.78 is 4.19. The van der Waals surface area contributed by atoms with Crippen molar-refractivity contribution in [1.29, 1.82) is 0 Å². The van der Waals surface area contributed by atoms with Gasteiger partial charge in [-0.25, -0.2) is 4.79 Å². The number of carbonyl (C=O) groups excluding carboxylic acids is 2. The number of rotatable bonds is 2. The van der Waals surface area contributed by atoms with Crippen molar-refractivity contribution >= 4 is 46.8 Å². The molecule has 0 N–H and O–H groups in total. The van der Waals surface area contributed by atoms with E-state index in [9.17, 15) is 9.59 Å². The lowest BCUT2D eigenvalue weighted by atomic mass is 9.98. The molecule has 0 aromatic carbocycles. The molecule has 4 atom stereocenters. The monoisotopic (exact) mass is 283 g/mol. The van der Waals surface area contributed by atoms with Crippen LogP contribution in [0.15, 0.2) is 0 Å². The normalized spacial score (nSPS) is 41.6. The third kappa shape index (κ3) is 1.45. The molecule has 1 amide bonds. The zero-order chi connectivity index (χ0) is 12.1. The zero-order valence-corrected chi connectivity index (χ0v) is 11.1. The Morgan fingerprint density at radius 3 is 2.81 bits per heavy atom. The van der Waals surface area contributed by atoms with Crippen molar-refractivity contribution < 1.29 is 14.3 Å². The molecule has 0 aliphatic carbocycles. The predicted octanol–water partition coefficient (Wildman–Crippen LogP) is 1.05. The Balaban J connectivity index is 2.31. The molecule has 0 saturated carbocycles. The van der Waals surface area contributed by atoms with E-state index in [0.717, 1.165) is 0 Å².